The Morgan fingerprint density at radius 3 is 2.55 bits per heavy atom. The second-order valence-corrected chi connectivity index (χ2v) is 5.43. The van der Waals surface area contributed by atoms with E-state index >= 15 is 0 Å². The van der Waals surface area contributed by atoms with Gasteiger partial charge < -0.3 is 9.47 Å². The second-order valence-electron chi connectivity index (χ2n) is 5.43. The van der Waals surface area contributed by atoms with Crippen LogP contribution in [0.4, 0.5) is 0 Å². The molecule has 0 N–H and O–H groups in total. The van der Waals surface area contributed by atoms with Crippen LogP contribution in [0.1, 0.15) is 30.5 Å². The molecule has 0 aliphatic heterocycles. The first kappa shape index (κ1) is 16.7. The summed E-state index contributed by atoms with van der Waals surface area (Å²) in [5.74, 6) is 0. The van der Waals surface area contributed by atoms with Crippen LogP contribution in [-0.4, -0.2) is 24.8 Å². The van der Waals surface area contributed by atoms with Crippen LogP contribution in [0, 0.1) is 0 Å². The van der Waals surface area contributed by atoms with Crippen molar-refractivity contribution in [3.05, 3.63) is 66.0 Å². The Morgan fingerprint density at radius 2 is 1.82 bits per heavy atom. The fourth-order valence-corrected chi connectivity index (χ4v) is 2.38. The summed E-state index contributed by atoms with van der Waals surface area (Å²) in [5.41, 5.74) is 2.37. The van der Waals surface area contributed by atoms with Gasteiger partial charge in [0.25, 0.3) is 0 Å². The van der Waals surface area contributed by atoms with Crippen LogP contribution >= 0.6 is 0 Å². The van der Waals surface area contributed by atoms with Gasteiger partial charge in [-0.2, -0.15) is 0 Å². The molecule has 0 saturated heterocycles. The van der Waals surface area contributed by atoms with Crippen molar-refractivity contribution in [3.63, 3.8) is 0 Å². The van der Waals surface area contributed by atoms with Gasteiger partial charge in [-0.05, 0) is 37.0 Å². The van der Waals surface area contributed by atoms with Gasteiger partial charge in [-0.25, -0.2) is 0 Å². The summed E-state index contributed by atoms with van der Waals surface area (Å²) in [6.07, 6.45) is 6.34. The molecule has 1 atom stereocenters. The second kappa shape index (κ2) is 10.1. The van der Waals surface area contributed by atoms with Crippen LogP contribution in [0.2, 0.25) is 0 Å². The average molecular weight is 299 g/mol. The van der Waals surface area contributed by atoms with E-state index in [9.17, 15) is 0 Å². The lowest BCUT2D eigenvalue weighted by Gasteiger charge is -2.15. The number of aryl methyl sites for hydroxylation is 1. The largest absolute Gasteiger partial charge is 0.379 e. The molecule has 0 unspecified atom stereocenters. The Balaban J connectivity index is 1.58. The van der Waals surface area contributed by atoms with Crippen molar-refractivity contribution in [1.82, 2.24) is 4.98 Å². The van der Waals surface area contributed by atoms with E-state index in [-0.39, 0.29) is 6.10 Å². The molecule has 3 nitrogen and oxygen atoms in total. The third-order valence-electron chi connectivity index (χ3n) is 3.68. The molecule has 22 heavy (non-hydrogen) atoms. The Bertz CT molecular complexity index is 501. The first-order chi connectivity index (χ1) is 10.9. The van der Waals surface area contributed by atoms with Gasteiger partial charge in [0.2, 0.25) is 0 Å². The number of methoxy groups -OCH3 is 1. The average Bonchev–Trinajstić information content (AvgIpc) is 2.59. The highest BCUT2D eigenvalue weighted by atomic mass is 16.5. The van der Waals surface area contributed by atoms with E-state index in [4.69, 9.17) is 9.47 Å². The molecule has 1 aromatic carbocycles. The molecular formula is C19H25NO2. The lowest BCUT2D eigenvalue weighted by molar-refractivity contribution is -0.00294. The molecule has 2 rings (SSSR count). The van der Waals surface area contributed by atoms with E-state index < -0.39 is 0 Å². The number of nitrogens with zero attached hydrogens (tertiary/aromatic N) is 1. The lowest BCUT2D eigenvalue weighted by atomic mass is 10.1. The van der Waals surface area contributed by atoms with Gasteiger partial charge in [0, 0.05) is 19.0 Å². The summed E-state index contributed by atoms with van der Waals surface area (Å²) in [4.78, 5) is 4.34. The van der Waals surface area contributed by atoms with Crippen molar-refractivity contribution in [2.45, 2.75) is 38.4 Å². The van der Waals surface area contributed by atoms with Crippen molar-refractivity contribution in [2.75, 3.05) is 13.7 Å². The van der Waals surface area contributed by atoms with Crippen molar-refractivity contribution < 1.29 is 9.47 Å². The number of unbranched alkanes of at least 4 members (excludes halogenated alkanes) is 1. The molecule has 0 spiro atoms. The minimum atomic E-state index is 0.174. The smallest absolute Gasteiger partial charge is 0.0804 e. The number of rotatable bonds is 10. The molecule has 0 aliphatic rings. The quantitative estimate of drug-likeness (QED) is 0.621. The Morgan fingerprint density at radius 1 is 1.00 bits per heavy atom. The zero-order valence-corrected chi connectivity index (χ0v) is 13.3. The van der Waals surface area contributed by atoms with Gasteiger partial charge in [0.1, 0.15) is 0 Å². The molecule has 118 valence electrons. The topological polar surface area (TPSA) is 31.4 Å². The maximum atomic E-state index is 5.75. The van der Waals surface area contributed by atoms with Crippen LogP contribution < -0.4 is 0 Å². The molecular weight excluding hydrogens is 274 g/mol. The van der Waals surface area contributed by atoms with Gasteiger partial charge in [-0.3, -0.25) is 4.98 Å². The minimum absolute atomic E-state index is 0.174. The van der Waals surface area contributed by atoms with Gasteiger partial charge in [-0.15, -0.1) is 0 Å². The standard InChI is InChI=1S/C19H25NO2/c1-21-19(16-22-15-17-9-3-2-4-10-17)13-6-5-11-18-12-7-8-14-20-18/h2-4,7-10,12,14,19H,5-6,11,13,15-16H2,1H3/t19-/m1/s1. The van der Waals surface area contributed by atoms with E-state index in [0.29, 0.717) is 13.2 Å². The normalized spacial score (nSPS) is 12.2. The molecule has 1 aromatic heterocycles. The van der Waals surface area contributed by atoms with Crippen molar-refractivity contribution in [3.8, 4) is 0 Å². The number of hydrogen-bond donors (Lipinski definition) is 0. The van der Waals surface area contributed by atoms with Crippen molar-refractivity contribution in [1.29, 1.82) is 0 Å². The van der Waals surface area contributed by atoms with Gasteiger partial charge in [-0.1, -0.05) is 42.8 Å². The van der Waals surface area contributed by atoms with E-state index in [0.717, 1.165) is 31.4 Å². The number of aromatic nitrogens is 1. The van der Waals surface area contributed by atoms with E-state index in [1.807, 2.05) is 36.5 Å². The third-order valence-corrected chi connectivity index (χ3v) is 3.68. The fraction of sp³-hybridized carbons (Fsp3) is 0.421. The van der Waals surface area contributed by atoms with E-state index in [1.165, 1.54) is 5.56 Å². The first-order valence-corrected chi connectivity index (χ1v) is 7.93. The SMILES string of the molecule is CO[C@H](CCCCc1ccccn1)COCc1ccccc1. The monoisotopic (exact) mass is 299 g/mol. The Hall–Kier alpha value is -1.71. The summed E-state index contributed by atoms with van der Waals surface area (Å²) in [6.45, 7) is 1.30. The summed E-state index contributed by atoms with van der Waals surface area (Å²) in [6, 6.07) is 16.3. The number of benzene rings is 1. The van der Waals surface area contributed by atoms with Crippen molar-refractivity contribution in [2.24, 2.45) is 0 Å². The van der Waals surface area contributed by atoms with E-state index in [2.05, 4.69) is 23.2 Å². The lowest BCUT2D eigenvalue weighted by Crippen LogP contribution is -2.18. The van der Waals surface area contributed by atoms with E-state index in [1.54, 1.807) is 7.11 Å². The highest BCUT2D eigenvalue weighted by Gasteiger charge is 2.07. The minimum Gasteiger partial charge on any atom is -0.379 e. The molecule has 0 fully saturated rings. The molecule has 1 heterocycles. The Labute approximate surface area is 133 Å². The van der Waals surface area contributed by atoms with Gasteiger partial charge in [0.05, 0.1) is 19.3 Å². The zero-order valence-electron chi connectivity index (χ0n) is 13.3. The molecule has 0 saturated carbocycles. The molecule has 0 bridgehead atoms. The number of ether oxygens (including phenoxy) is 2. The van der Waals surface area contributed by atoms with Crippen LogP contribution in [0.15, 0.2) is 54.7 Å². The molecule has 0 radical (unpaired) electrons. The summed E-state index contributed by atoms with van der Waals surface area (Å²) < 4.78 is 11.3. The van der Waals surface area contributed by atoms with Crippen molar-refractivity contribution >= 4 is 0 Å². The first-order valence-electron chi connectivity index (χ1n) is 7.93. The fourth-order valence-electron chi connectivity index (χ4n) is 2.38. The van der Waals surface area contributed by atoms with Crippen LogP contribution in [-0.2, 0) is 22.5 Å². The van der Waals surface area contributed by atoms with Crippen LogP contribution in [0.5, 0.6) is 0 Å². The zero-order chi connectivity index (χ0) is 15.5. The molecule has 0 amide bonds. The molecule has 2 aromatic rings. The summed E-state index contributed by atoms with van der Waals surface area (Å²) in [5, 5.41) is 0. The summed E-state index contributed by atoms with van der Waals surface area (Å²) in [7, 11) is 1.76. The van der Waals surface area contributed by atoms with Gasteiger partial charge in [0.15, 0.2) is 0 Å². The summed E-state index contributed by atoms with van der Waals surface area (Å²) >= 11 is 0. The number of pyridine rings is 1. The predicted molar refractivity (Wildman–Crippen MR) is 88.7 cm³/mol. The third kappa shape index (κ3) is 6.37. The maximum Gasteiger partial charge on any atom is 0.0804 e. The van der Waals surface area contributed by atoms with Gasteiger partial charge >= 0.3 is 0 Å². The van der Waals surface area contributed by atoms with Crippen LogP contribution in [0.3, 0.4) is 0 Å². The molecule has 3 heteroatoms. The predicted octanol–water partition coefficient (Wildman–Crippen LogP) is 4.03. The molecule has 0 aliphatic carbocycles. The Kier molecular flexibility index (Phi) is 7.64. The van der Waals surface area contributed by atoms with Crippen LogP contribution in [0.25, 0.3) is 0 Å². The number of hydrogen-bond acceptors (Lipinski definition) is 3. The maximum absolute atomic E-state index is 5.75. The highest BCUT2D eigenvalue weighted by Crippen LogP contribution is 2.09. The highest BCUT2D eigenvalue weighted by molar-refractivity contribution is 5.13.